The van der Waals surface area contributed by atoms with Crippen LogP contribution in [-0.2, 0) is 26.4 Å². The number of aryl methyl sites for hydroxylation is 2. The number of rotatable bonds is 5. The fraction of sp³-hybridized carbons (Fsp3) is 0.304. The summed E-state index contributed by atoms with van der Waals surface area (Å²) >= 11 is 0. The molecule has 1 aromatic carbocycles. The molecule has 8 heteroatoms. The zero-order chi connectivity index (χ0) is 21.2. The number of carbonyl (C=O) groups excluding carboxylic acids is 1. The third-order valence-corrected chi connectivity index (χ3v) is 5.89. The van der Waals surface area contributed by atoms with E-state index in [9.17, 15) is 4.79 Å². The Morgan fingerprint density at radius 3 is 2.84 bits per heavy atom. The van der Waals surface area contributed by atoms with Gasteiger partial charge in [-0.25, -0.2) is 0 Å². The zero-order valence-electron chi connectivity index (χ0n) is 17.5. The summed E-state index contributed by atoms with van der Waals surface area (Å²) in [4.78, 5) is 12.8. The molecule has 1 unspecified atom stereocenters. The lowest BCUT2D eigenvalue weighted by molar-refractivity contribution is 0.0928. The second-order valence-corrected chi connectivity index (χ2v) is 8.02. The average Bonchev–Trinajstić information content (AvgIpc) is 3.48. The molecule has 5 rings (SSSR count). The topological polar surface area (TPSA) is 93.4 Å². The van der Waals surface area contributed by atoms with Crippen LogP contribution in [0.1, 0.15) is 40.5 Å². The van der Waals surface area contributed by atoms with Crippen LogP contribution >= 0.6 is 0 Å². The molecule has 4 heterocycles. The van der Waals surface area contributed by atoms with Gasteiger partial charge in [0.05, 0.1) is 5.69 Å². The highest BCUT2D eigenvalue weighted by atomic mass is 16.2. The van der Waals surface area contributed by atoms with Crippen molar-refractivity contribution in [3.05, 3.63) is 77.6 Å². The molecule has 0 saturated heterocycles. The Hall–Kier alpha value is -3.68. The molecule has 8 nitrogen and oxygen atoms in total. The summed E-state index contributed by atoms with van der Waals surface area (Å²) < 4.78 is 4.19. The maximum atomic E-state index is 12.8. The van der Waals surface area contributed by atoms with Crippen molar-refractivity contribution in [1.29, 1.82) is 0 Å². The van der Waals surface area contributed by atoms with Gasteiger partial charge in [-0.3, -0.25) is 9.89 Å². The van der Waals surface area contributed by atoms with Crippen molar-refractivity contribution in [3.63, 3.8) is 0 Å². The maximum absolute atomic E-state index is 12.8. The average molecular weight is 416 g/mol. The van der Waals surface area contributed by atoms with E-state index in [2.05, 4.69) is 42.4 Å². The summed E-state index contributed by atoms with van der Waals surface area (Å²) in [6, 6.07) is 16.1. The second-order valence-electron chi connectivity index (χ2n) is 8.02. The largest absolute Gasteiger partial charge is 0.349 e. The van der Waals surface area contributed by atoms with Crippen LogP contribution in [0.3, 0.4) is 0 Å². The van der Waals surface area contributed by atoms with Crippen LogP contribution in [0.2, 0.25) is 0 Å². The molecule has 0 saturated carbocycles. The Balaban J connectivity index is 1.23. The molecule has 1 aliphatic heterocycles. The summed E-state index contributed by atoms with van der Waals surface area (Å²) in [5.41, 5.74) is 3.42. The molecule has 1 amide bonds. The molecular formula is C23H25N7O. The van der Waals surface area contributed by atoms with Gasteiger partial charge < -0.3 is 14.5 Å². The van der Waals surface area contributed by atoms with Gasteiger partial charge in [0.2, 0.25) is 0 Å². The van der Waals surface area contributed by atoms with Crippen LogP contribution in [0.25, 0.3) is 11.4 Å². The van der Waals surface area contributed by atoms with E-state index in [-0.39, 0.29) is 11.9 Å². The van der Waals surface area contributed by atoms with Crippen LogP contribution < -0.4 is 5.32 Å². The first kappa shape index (κ1) is 19.3. The Labute approximate surface area is 180 Å². The summed E-state index contributed by atoms with van der Waals surface area (Å²) in [6.45, 7) is 0.799. The van der Waals surface area contributed by atoms with Crippen molar-refractivity contribution in [1.82, 2.24) is 34.8 Å². The minimum absolute atomic E-state index is 0.0839. The molecule has 0 aliphatic carbocycles. The standard InChI is InChI=1S/C23H25N7O/c1-29-12-5-8-20(29)18-15-19(26-25-18)23(31)24-17-9-10-21-27-28-22(30(21)13-11-17)14-16-6-3-2-4-7-16/h2-8,12,15,17H,9-11,13-14H2,1H3,(H,24,31)(H,25,26). The number of H-pyrrole nitrogens is 1. The molecular weight excluding hydrogens is 390 g/mol. The van der Waals surface area contributed by atoms with Crippen molar-refractivity contribution in [2.45, 2.75) is 38.3 Å². The van der Waals surface area contributed by atoms with Gasteiger partial charge in [-0.05, 0) is 36.6 Å². The highest BCUT2D eigenvalue weighted by Crippen LogP contribution is 2.20. The number of nitrogens with one attached hydrogen (secondary N) is 2. The van der Waals surface area contributed by atoms with E-state index in [1.54, 1.807) is 6.07 Å². The Bertz CT molecular complexity index is 1190. The molecule has 0 spiro atoms. The molecule has 158 valence electrons. The third kappa shape index (κ3) is 4.01. The Morgan fingerprint density at radius 2 is 2.03 bits per heavy atom. The first-order valence-corrected chi connectivity index (χ1v) is 10.6. The van der Waals surface area contributed by atoms with Gasteiger partial charge in [0, 0.05) is 38.7 Å². The first-order chi connectivity index (χ1) is 15.2. The Morgan fingerprint density at radius 1 is 1.16 bits per heavy atom. The molecule has 1 atom stereocenters. The van der Waals surface area contributed by atoms with Crippen LogP contribution in [0.4, 0.5) is 0 Å². The molecule has 0 bridgehead atoms. The zero-order valence-corrected chi connectivity index (χ0v) is 17.5. The SMILES string of the molecule is Cn1cccc1-c1cc(C(=O)NC2CCc3nnc(Cc4ccccc4)n3CC2)[nH]n1. The molecule has 1 aliphatic rings. The van der Waals surface area contributed by atoms with E-state index in [0.29, 0.717) is 5.69 Å². The minimum atomic E-state index is -0.125. The van der Waals surface area contributed by atoms with Crippen molar-refractivity contribution < 1.29 is 4.79 Å². The fourth-order valence-electron chi connectivity index (χ4n) is 4.16. The van der Waals surface area contributed by atoms with Gasteiger partial charge in [-0.2, -0.15) is 5.10 Å². The predicted octanol–water partition coefficient (Wildman–Crippen LogP) is 2.73. The number of nitrogens with zero attached hydrogens (tertiary/aromatic N) is 5. The van der Waals surface area contributed by atoms with Crippen molar-refractivity contribution in [3.8, 4) is 11.4 Å². The smallest absolute Gasteiger partial charge is 0.269 e. The minimum Gasteiger partial charge on any atom is -0.349 e. The lowest BCUT2D eigenvalue weighted by atomic mass is 10.1. The number of aromatic amines is 1. The molecule has 31 heavy (non-hydrogen) atoms. The fourth-order valence-corrected chi connectivity index (χ4v) is 4.16. The number of carbonyl (C=O) groups is 1. The molecule has 4 aromatic rings. The van der Waals surface area contributed by atoms with Crippen LogP contribution in [0.5, 0.6) is 0 Å². The number of aromatic nitrogens is 6. The van der Waals surface area contributed by atoms with Gasteiger partial charge in [-0.1, -0.05) is 30.3 Å². The van der Waals surface area contributed by atoms with Gasteiger partial charge >= 0.3 is 0 Å². The van der Waals surface area contributed by atoms with Crippen LogP contribution in [0.15, 0.2) is 54.7 Å². The van der Waals surface area contributed by atoms with E-state index in [4.69, 9.17) is 0 Å². The van der Waals surface area contributed by atoms with E-state index in [1.807, 2.05) is 48.1 Å². The van der Waals surface area contributed by atoms with Gasteiger partial charge in [-0.15, -0.1) is 10.2 Å². The van der Waals surface area contributed by atoms with Gasteiger partial charge in [0.1, 0.15) is 23.0 Å². The molecule has 0 radical (unpaired) electrons. The number of fused-ring (bicyclic) bond motifs is 1. The summed E-state index contributed by atoms with van der Waals surface area (Å²) in [6.07, 6.45) is 5.20. The highest BCUT2D eigenvalue weighted by Gasteiger charge is 2.23. The lowest BCUT2D eigenvalue weighted by Crippen LogP contribution is -2.35. The van der Waals surface area contributed by atoms with E-state index in [1.165, 1.54) is 5.56 Å². The Kier molecular flexibility index (Phi) is 5.11. The number of hydrogen-bond acceptors (Lipinski definition) is 4. The maximum Gasteiger partial charge on any atom is 0.269 e. The molecule has 0 fully saturated rings. The number of benzene rings is 1. The van der Waals surface area contributed by atoms with Crippen molar-refractivity contribution in [2.24, 2.45) is 7.05 Å². The van der Waals surface area contributed by atoms with E-state index >= 15 is 0 Å². The van der Waals surface area contributed by atoms with Crippen molar-refractivity contribution in [2.75, 3.05) is 0 Å². The molecule has 3 aromatic heterocycles. The van der Waals surface area contributed by atoms with Crippen molar-refractivity contribution >= 4 is 5.91 Å². The van der Waals surface area contributed by atoms with E-state index < -0.39 is 0 Å². The quantitative estimate of drug-likeness (QED) is 0.524. The normalized spacial score (nSPS) is 16.0. The van der Waals surface area contributed by atoms with Gasteiger partial charge in [0.15, 0.2) is 0 Å². The lowest BCUT2D eigenvalue weighted by Gasteiger charge is -2.15. The number of hydrogen-bond donors (Lipinski definition) is 2. The monoisotopic (exact) mass is 415 g/mol. The highest BCUT2D eigenvalue weighted by molar-refractivity contribution is 5.93. The van der Waals surface area contributed by atoms with Gasteiger partial charge in [0.25, 0.3) is 5.91 Å². The van der Waals surface area contributed by atoms with E-state index in [0.717, 1.165) is 55.3 Å². The summed E-state index contributed by atoms with van der Waals surface area (Å²) in [5.74, 6) is 1.85. The third-order valence-electron chi connectivity index (χ3n) is 5.89. The van der Waals surface area contributed by atoms with Crippen LogP contribution in [-0.4, -0.2) is 41.5 Å². The van der Waals surface area contributed by atoms with Crippen LogP contribution in [0, 0.1) is 0 Å². The second kappa shape index (κ2) is 8.22. The first-order valence-electron chi connectivity index (χ1n) is 10.6. The summed E-state index contributed by atoms with van der Waals surface area (Å²) in [7, 11) is 1.96. The summed E-state index contributed by atoms with van der Waals surface area (Å²) in [5, 5.41) is 19.2. The molecule has 2 N–H and O–H groups in total. The number of amides is 1. The predicted molar refractivity (Wildman–Crippen MR) is 116 cm³/mol.